The summed E-state index contributed by atoms with van der Waals surface area (Å²) < 4.78 is 22.0. The molecule has 0 aliphatic rings. The molecule has 0 heterocycles. The van der Waals surface area contributed by atoms with Gasteiger partial charge in [-0.1, -0.05) is 0 Å². The van der Waals surface area contributed by atoms with Gasteiger partial charge in [0, 0.05) is 23.8 Å². The van der Waals surface area contributed by atoms with Crippen LogP contribution >= 0.6 is 10.7 Å². The highest BCUT2D eigenvalue weighted by Gasteiger charge is 2.15. The molecule has 3 nitrogen and oxygen atoms in total. The van der Waals surface area contributed by atoms with Crippen LogP contribution in [0.3, 0.4) is 0 Å². The smallest absolute Gasteiger partial charge is 0.195 e. The van der Waals surface area contributed by atoms with Crippen LogP contribution in [0.4, 0.5) is 0 Å². The van der Waals surface area contributed by atoms with Crippen molar-refractivity contribution in [2.45, 2.75) is 19.9 Å². The summed E-state index contributed by atoms with van der Waals surface area (Å²) in [4.78, 5) is 0. The lowest BCUT2D eigenvalue weighted by molar-refractivity contribution is 0.421. The maximum atomic E-state index is 10.5. The lowest BCUT2D eigenvalue weighted by Crippen LogP contribution is -2.29. The molecular weight excluding hydrogens is 162 g/mol. The summed E-state index contributed by atoms with van der Waals surface area (Å²) in [6.45, 7) is 3.50. The molecule has 0 aromatic heterocycles. The Bertz CT molecular complexity index is 175. The van der Waals surface area contributed by atoms with Gasteiger partial charge in [-0.15, -0.1) is 0 Å². The van der Waals surface area contributed by atoms with E-state index in [-0.39, 0.29) is 6.04 Å². The number of hydrogen-bond donors (Lipinski definition) is 0. The van der Waals surface area contributed by atoms with Crippen LogP contribution in [0.5, 0.6) is 0 Å². The van der Waals surface area contributed by atoms with Crippen molar-refractivity contribution in [1.82, 2.24) is 4.31 Å². The van der Waals surface area contributed by atoms with Crippen molar-refractivity contribution in [3.63, 3.8) is 0 Å². The number of nitrogens with zero attached hydrogens (tertiary/aromatic N) is 1. The van der Waals surface area contributed by atoms with Gasteiger partial charge in [0.05, 0.1) is 0 Å². The summed E-state index contributed by atoms with van der Waals surface area (Å²) >= 11 is 0. The lowest BCUT2D eigenvalue weighted by atomic mass is 10.4. The van der Waals surface area contributed by atoms with Crippen LogP contribution in [-0.4, -0.2) is 25.8 Å². The quantitative estimate of drug-likeness (QED) is 0.577. The van der Waals surface area contributed by atoms with E-state index in [1.54, 1.807) is 13.8 Å². The van der Waals surface area contributed by atoms with Gasteiger partial charge >= 0.3 is 0 Å². The van der Waals surface area contributed by atoms with E-state index in [0.717, 1.165) is 4.31 Å². The first-order chi connectivity index (χ1) is 3.85. The predicted octanol–water partition coefficient (Wildman–Crippen LogP) is 0.810. The van der Waals surface area contributed by atoms with Gasteiger partial charge in [0.25, 0.3) is 9.24 Å². The Hall–Kier alpha value is 0.200. The Labute approximate surface area is 60.2 Å². The third kappa shape index (κ3) is 3.03. The molecule has 0 rings (SSSR count). The number of halogens is 1. The molecule has 0 unspecified atom stereocenters. The Morgan fingerprint density at radius 2 is 1.78 bits per heavy atom. The summed E-state index contributed by atoms with van der Waals surface area (Å²) in [7, 11) is 2.92. The van der Waals surface area contributed by atoms with Crippen LogP contribution in [0.1, 0.15) is 13.8 Å². The van der Waals surface area contributed by atoms with Gasteiger partial charge in [0.1, 0.15) is 0 Å². The minimum Gasteiger partial charge on any atom is -0.195 e. The molecule has 5 heteroatoms. The van der Waals surface area contributed by atoms with E-state index in [9.17, 15) is 8.42 Å². The molecule has 0 aliphatic heterocycles. The Balaban J connectivity index is 4.24. The van der Waals surface area contributed by atoms with Gasteiger partial charge in [-0.05, 0) is 13.8 Å². The average molecular weight is 172 g/mol. The molecule has 56 valence electrons. The zero-order chi connectivity index (χ0) is 7.65. The summed E-state index contributed by atoms with van der Waals surface area (Å²) in [5.41, 5.74) is 0. The van der Waals surface area contributed by atoms with E-state index in [4.69, 9.17) is 10.7 Å². The first kappa shape index (κ1) is 9.20. The summed E-state index contributed by atoms with van der Waals surface area (Å²) in [5.74, 6) is 0. The Morgan fingerprint density at radius 3 is 1.78 bits per heavy atom. The van der Waals surface area contributed by atoms with Gasteiger partial charge in [0.2, 0.25) is 0 Å². The molecule has 0 atom stereocenters. The number of hydrogen-bond acceptors (Lipinski definition) is 2. The van der Waals surface area contributed by atoms with Crippen LogP contribution in [0.2, 0.25) is 0 Å². The highest BCUT2D eigenvalue weighted by atomic mass is 35.7. The second-order valence-electron chi connectivity index (χ2n) is 2.05. The fourth-order valence-electron chi connectivity index (χ4n) is 0.252. The van der Waals surface area contributed by atoms with Gasteiger partial charge in [-0.2, -0.15) is 12.7 Å². The monoisotopic (exact) mass is 171 g/mol. The largest absolute Gasteiger partial charge is 0.299 e. The van der Waals surface area contributed by atoms with E-state index in [1.165, 1.54) is 7.05 Å². The van der Waals surface area contributed by atoms with E-state index < -0.39 is 9.24 Å². The topological polar surface area (TPSA) is 37.4 Å². The summed E-state index contributed by atoms with van der Waals surface area (Å²) in [6, 6.07) is -0.0764. The molecule has 0 amide bonds. The van der Waals surface area contributed by atoms with Crippen LogP contribution in [-0.2, 0) is 9.24 Å². The maximum absolute atomic E-state index is 10.5. The normalized spacial score (nSPS) is 13.1. The van der Waals surface area contributed by atoms with Gasteiger partial charge in [-0.3, -0.25) is 0 Å². The second kappa shape index (κ2) is 2.86. The van der Waals surface area contributed by atoms with Gasteiger partial charge in [0.15, 0.2) is 0 Å². The minimum absolute atomic E-state index is 0.0764. The standard InChI is InChI=1S/C4H10ClNO2S/c1-4(2)6(3)9(5,7)8/h4H,1-3H3. The molecule has 0 spiro atoms. The highest BCUT2D eigenvalue weighted by Crippen LogP contribution is 2.06. The summed E-state index contributed by atoms with van der Waals surface area (Å²) in [6.07, 6.45) is 0. The Morgan fingerprint density at radius 1 is 1.44 bits per heavy atom. The van der Waals surface area contributed by atoms with Crippen molar-refractivity contribution in [2.24, 2.45) is 0 Å². The first-order valence-corrected chi connectivity index (χ1v) is 4.80. The molecule has 0 bridgehead atoms. The van der Waals surface area contributed by atoms with Crippen LogP contribution in [0, 0.1) is 0 Å². The zero-order valence-electron chi connectivity index (χ0n) is 5.63. The van der Waals surface area contributed by atoms with E-state index in [0.29, 0.717) is 0 Å². The van der Waals surface area contributed by atoms with Crippen molar-refractivity contribution in [2.75, 3.05) is 7.05 Å². The van der Waals surface area contributed by atoms with Crippen LogP contribution in [0.25, 0.3) is 0 Å². The van der Waals surface area contributed by atoms with E-state index >= 15 is 0 Å². The fraction of sp³-hybridized carbons (Fsp3) is 1.00. The van der Waals surface area contributed by atoms with E-state index in [1.807, 2.05) is 0 Å². The number of rotatable bonds is 2. The molecule has 0 radical (unpaired) electrons. The maximum Gasteiger partial charge on any atom is 0.299 e. The molecule has 0 fully saturated rings. The van der Waals surface area contributed by atoms with E-state index in [2.05, 4.69) is 0 Å². The zero-order valence-corrected chi connectivity index (χ0v) is 7.20. The third-order valence-corrected chi connectivity index (χ3v) is 2.83. The SMILES string of the molecule is CC(C)N(C)S(=O)(=O)Cl. The van der Waals surface area contributed by atoms with Gasteiger partial charge in [-0.25, -0.2) is 0 Å². The van der Waals surface area contributed by atoms with Crippen molar-refractivity contribution in [3.8, 4) is 0 Å². The highest BCUT2D eigenvalue weighted by molar-refractivity contribution is 8.11. The minimum atomic E-state index is -3.50. The molecule has 0 saturated heterocycles. The van der Waals surface area contributed by atoms with Crippen LogP contribution < -0.4 is 0 Å². The van der Waals surface area contributed by atoms with Crippen molar-refractivity contribution >= 4 is 19.9 Å². The average Bonchev–Trinajstić information content (AvgIpc) is 1.62. The second-order valence-corrected chi connectivity index (χ2v) is 4.62. The van der Waals surface area contributed by atoms with Crippen molar-refractivity contribution in [3.05, 3.63) is 0 Å². The fourth-order valence-corrected chi connectivity index (χ4v) is 1.23. The van der Waals surface area contributed by atoms with Crippen LogP contribution in [0.15, 0.2) is 0 Å². The molecule has 0 aromatic carbocycles. The van der Waals surface area contributed by atoms with Crippen molar-refractivity contribution in [1.29, 1.82) is 0 Å². The summed E-state index contributed by atoms with van der Waals surface area (Å²) in [5, 5.41) is 0. The molecule has 0 aromatic rings. The lowest BCUT2D eigenvalue weighted by Gasteiger charge is -2.15. The van der Waals surface area contributed by atoms with Gasteiger partial charge < -0.3 is 0 Å². The third-order valence-electron chi connectivity index (χ3n) is 1.07. The molecular formula is C4H10ClNO2S. The Kier molecular flexibility index (Phi) is 2.92. The first-order valence-electron chi connectivity index (χ1n) is 2.53. The van der Waals surface area contributed by atoms with Crippen molar-refractivity contribution < 1.29 is 8.42 Å². The molecule has 0 aliphatic carbocycles. The molecule has 0 N–H and O–H groups in total. The molecule has 0 saturated carbocycles. The molecule has 9 heavy (non-hydrogen) atoms. The predicted molar refractivity (Wildman–Crippen MR) is 37.7 cm³/mol.